The molecule has 1 aliphatic rings. The molecule has 8 heteroatoms. The first-order valence-electron chi connectivity index (χ1n) is 9.56. The maximum atomic E-state index is 13.4. The molecule has 1 atom stereocenters. The van der Waals surface area contributed by atoms with Crippen molar-refractivity contribution < 1.29 is 13.9 Å². The third kappa shape index (κ3) is 4.08. The zero-order valence-electron chi connectivity index (χ0n) is 16.5. The number of carbonyl (C=O) groups excluding carboxylic acids is 1. The number of likely N-dealkylation sites (N-methyl/N-ethyl adjacent to an activating group) is 2. The number of halogens is 1. The van der Waals surface area contributed by atoms with E-state index in [1.807, 2.05) is 36.1 Å². The molecule has 1 unspecified atom stereocenters. The van der Waals surface area contributed by atoms with Gasteiger partial charge in [-0.05, 0) is 43.4 Å². The van der Waals surface area contributed by atoms with Crippen molar-refractivity contribution in [3.05, 3.63) is 66.4 Å². The summed E-state index contributed by atoms with van der Waals surface area (Å²) < 4.78 is 22.6. The van der Waals surface area contributed by atoms with E-state index in [4.69, 9.17) is 4.74 Å². The van der Waals surface area contributed by atoms with Gasteiger partial charge in [-0.2, -0.15) is 5.10 Å². The standard InChI is InChI=1S/C21H24FN5O2/c1-24-11-12-29-18(14-24)15-25(2)21(28)19-13-23-27(17-7-5-16(22)6-8-17)20(19)26-9-3-4-10-26/h3-10,13,18H,11-12,14-15H2,1-2H3. The lowest BCUT2D eigenvalue weighted by Gasteiger charge is -2.32. The van der Waals surface area contributed by atoms with Crippen LogP contribution >= 0.6 is 0 Å². The van der Waals surface area contributed by atoms with Gasteiger partial charge in [-0.3, -0.25) is 4.79 Å². The first-order chi connectivity index (χ1) is 14.0. The summed E-state index contributed by atoms with van der Waals surface area (Å²) in [6, 6.07) is 9.79. The summed E-state index contributed by atoms with van der Waals surface area (Å²) >= 11 is 0. The van der Waals surface area contributed by atoms with E-state index in [-0.39, 0.29) is 17.8 Å². The topological polar surface area (TPSA) is 55.5 Å². The molecule has 1 amide bonds. The van der Waals surface area contributed by atoms with Crippen molar-refractivity contribution in [1.82, 2.24) is 24.1 Å². The van der Waals surface area contributed by atoms with Gasteiger partial charge in [0, 0.05) is 39.1 Å². The smallest absolute Gasteiger partial charge is 0.259 e. The minimum atomic E-state index is -0.322. The van der Waals surface area contributed by atoms with Gasteiger partial charge in [0.2, 0.25) is 0 Å². The quantitative estimate of drug-likeness (QED) is 0.662. The van der Waals surface area contributed by atoms with Crippen LogP contribution in [0.4, 0.5) is 4.39 Å². The highest BCUT2D eigenvalue weighted by molar-refractivity contribution is 5.97. The fourth-order valence-electron chi connectivity index (χ4n) is 3.56. The van der Waals surface area contributed by atoms with Crippen LogP contribution in [0.5, 0.6) is 0 Å². The van der Waals surface area contributed by atoms with Crippen molar-refractivity contribution in [3.63, 3.8) is 0 Å². The molecule has 3 aromatic rings. The van der Waals surface area contributed by atoms with Crippen molar-refractivity contribution in [1.29, 1.82) is 0 Å². The zero-order valence-corrected chi connectivity index (χ0v) is 16.5. The van der Waals surface area contributed by atoms with E-state index < -0.39 is 0 Å². The Morgan fingerprint density at radius 1 is 1.28 bits per heavy atom. The Kier molecular flexibility index (Phi) is 5.46. The van der Waals surface area contributed by atoms with Crippen LogP contribution in [-0.2, 0) is 4.74 Å². The van der Waals surface area contributed by atoms with E-state index in [9.17, 15) is 9.18 Å². The summed E-state index contributed by atoms with van der Waals surface area (Å²) in [4.78, 5) is 17.1. The molecule has 0 saturated carbocycles. The Morgan fingerprint density at radius 2 is 2.00 bits per heavy atom. The summed E-state index contributed by atoms with van der Waals surface area (Å²) in [7, 11) is 3.82. The van der Waals surface area contributed by atoms with Crippen LogP contribution in [0.2, 0.25) is 0 Å². The lowest BCUT2D eigenvalue weighted by molar-refractivity contribution is -0.0301. The van der Waals surface area contributed by atoms with E-state index in [0.29, 0.717) is 30.2 Å². The molecule has 1 aliphatic heterocycles. The minimum Gasteiger partial charge on any atom is -0.374 e. The number of benzene rings is 1. The third-order valence-electron chi connectivity index (χ3n) is 5.06. The number of hydrogen-bond acceptors (Lipinski definition) is 4. The molecular weight excluding hydrogens is 373 g/mol. The maximum absolute atomic E-state index is 13.4. The zero-order chi connectivity index (χ0) is 20.4. The molecule has 152 valence electrons. The average Bonchev–Trinajstić information content (AvgIpc) is 3.37. The molecule has 0 aliphatic carbocycles. The van der Waals surface area contributed by atoms with Crippen LogP contribution in [0.15, 0.2) is 55.0 Å². The summed E-state index contributed by atoms with van der Waals surface area (Å²) in [6.07, 6.45) is 5.25. The molecule has 0 spiro atoms. The van der Waals surface area contributed by atoms with Gasteiger partial charge in [-0.15, -0.1) is 0 Å². The number of rotatable bonds is 5. The maximum Gasteiger partial charge on any atom is 0.259 e. The van der Waals surface area contributed by atoms with Crippen LogP contribution in [0.3, 0.4) is 0 Å². The highest BCUT2D eigenvalue weighted by Crippen LogP contribution is 2.21. The van der Waals surface area contributed by atoms with Crippen LogP contribution in [0.25, 0.3) is 11.5 Å². The van der Waals surface area contributed by atoms with Gasteiger partial charge in [-0.25, -0.2) is 9.07 Å². The summed E-state index contributed by atoms with van der Waals surface area (Å²) in [5, 5.41) is 4.42. The van der Waals surface area contributed by atoms with E-state index in [2.05, 4.69) is 10.00 Å². The number of carbonyl (C=O) groups is 1. The molecule has 1 fully saturated rings. The number of aromatic nitrogens is 3. The van der Waals surface area contributed by atoms with Crippen molar-refractivity contribution in [2.75, 3.05) is 40.3 Å². The van der Waals surface area contributed by atoms with Crippen LogP contribution in [0.1, 0.15) is 10.4 Å². The Morgan fingerprint density at radius 3 is 2.69 bits per heavy atom. The molecule has 4 rings (SSSR count). The van der Waals surface area contributed by atoms with E-state index in [0.717, 1.165) is 13.1 Å². The van der Waals surface area contributed by atoms with E-state index in [1.54, 1.807) is 35.0 Å². The molecule has 7 nitrogen and oxygen atoms in total. The minimum absolute atomic E-state index is 0.0233. The normalized spacial score (nSPS) is 17.4. The molecule has 29 heavy (non-hydrogen) atoms. The fraction of sp³-hybridized carbons (Fsp3) is 0.333. The van der Waals surface area contributed by atoms with Gasteiger partial charge < -0.3 is 19.1 Å². The molecule has 1 aromatic carbocycles. The van der Waals surface area contributed by atoms with Crippen molar-refractivity contribution in [2.24, 2.45) is 0 Å². The van der Waals surface area contributed by atoms with Crippen LogP contribution in [0, 0.1) is 5.82 Å². The van der Waals surface area contributed by atoms with Gasteiger partial charge in [0.1, 0.15) is 11.4 Å². The first kappa shape index (κ1) is 19.4. The second-order valence-corrected chi connectivity index (χ2v) is 7.30. The lowest BCUT2D eigenvalue weighted by atomic mass is 10.2. The van der Waals surface area contributed by atoms with Crippen LogP contribution in [-0.4, -0.2) is 76.5 Å². The monoisotopic (exact) mass is 397 g/mol. The second-order valence-electron chi connectivity index (χ2n) is 7.30. The van der Waals surface area contributed by atoms with Crippen LogP contribution < -0.4 is 0 Å². The second kappa shape index (κ2) is 8.18. The molecule has 0 N–H and O–H groups in total. The largest absolute Gasteiger partial charge is 0.374 e. The summed E-state index contributed by atoms with van der Waals surface area (Å²) in [6.45, 7) is 2.85. The highest BCUT2D eigenvalue weighted by Gasteiger charge is 2.26. The van der Waals surface area contributed by atoms with Gasteiger partial charge in [-0.1, -0.05) is 0 Å². The number of ether oxygens (including phenoxy) is 1. The predicted octanol–water partition coefficient (Wildman–Crippen LogP) is 2.20. The molecule has 0 bridgehead atoms. The van der Waals surface area contributed by atoms with Gasteiger partial charge in [0.25, 0.3) is 5.91 Å². The number of nitrogens with zero attached hydrogens (tertiary/aromatic N) is 5. The van der Waals surface area contributed by atoms with Crippen molar-refractivity contribution in [2.45, 2.75) is 6.10 Å². The van der Waals surface area contributed by atoms with Crippen molar-refractivity contribution >= 4 is 5.91 Å². The summed E-state index contributed by atoms with van der Waals surface area (Å²) in [5.41, 5.74) is 1.14. The molecular formula is C21H24FN5O2. The van der Waals surface area contributed by atoms with Gasteiger partial charge >= 0.3 is 0 Å². The summed E-state index contributed by atoms with van der Waals surface area (Å²) in [5.74, 6) is 0.149. The molecule has 3 heterocycles. The van der Waals surface area contributed by atoms with Gasteiger partial charge in [0.05, 0.1) is 24.6 Å². The van der Waals surface area contributed by atoms with Gasteiger partial charge in [0.15, 0.2) is 5.82 Å². The molecule has 2 aromatic heterocycles. The number of amides is 1. The SMILES string of the molecule is CN1CCOC(CN(C)C(=O)c2cnn(-c3ccc(F)cc3)c2-n2cccc2)C1. The Bertz CT molecular complexity index is 968. The Balaban J connectivity index is 1.64. The molecule has 0 radical (unpaired) electrons. The van der Waals surface area contributed by atoms with E-state index in [1.165, 1.54) is 12.1 Å². The lowest BCUT2D eigenvalue weighted by Crippen LogP contribution is -2.46. The fourth-order valence-corrected chi connectivity index (χ4v) is 3.56. The third-order valence-corrected chi connectivity index (χ3v) is 5.06. The predicted molar refractivity (Wildman–Crippen MR) is 107 cm³/mol. The number of morpholine rings is 1. The Labute approximate surface area is 168 Å². The highest BCUT2D eigenvalue weighted by atomic mass is 19.1. The van der Waals surface area contributed by atoms with Crippen molar-refractivity contribution in [3.8, 4) is 11.5 Å². The van der Waals surface area contributed by atoms with E-state index >= 15 is 0 Å². The first-order valence-corrected chi connectivity index (χ1v) is 9.56. The number of hydrogen-bond donors (Lipinski definition) is 0. The average molecular weight is 397 g/mol. The molecule has 1 saturated heterocycles. The Hall–Kier alpha value is -2.97.